The molecule has 3 aliphatic heterocycles. The summed E-state index contributed by atoms with van der Waals surface area (Å²) in [6, 6.07) is 22.1. The van der Waals surface area contributed by atoms with E-state index in [0.717, 1.165) is 153 Å². The maximum Gasteiger partial charge on any atom is 0.232 e. The molecule has 0 spiro atoms. The van der Waals surface area contributed by atoms with Gasteiger partial charge in [-0.15, -0.1) is 0 Å². The Morgan fingerprint density at radius 1 is 0.431 bits per heavy atom. The van der Waals surface area contributed by atoms with Gasteiger partial charge < -0.3 is 31.2 Å². The van der Waals surface area contributed by atoms with Gasteiger partial charge in [-0.05, 0) is 188 Å². The number of hydrogen-bond donors (Lipinski definition) is 4. The zero-order chi connectivity index (χ0) is 93.4. The lowest BCUT2D eigenvalue weighted by molar-refractivity contribution is -0.0310. The van der Waals surface area contributed by atoms with Crippen LogP contribution in [0.25, 0.3) is 56.5 Å². The molecule has 14 heterocycles. The Labute approximate surface area is 760 Å². The molecule has 17 rings (SSSR count). The largest absolute Gasteiger partial charge is 0.382 e. The molecule has 0 saturated carbocycles. The number of nitrogens with two attached hydrogens (primary N) is 1. The molecule has 14 aromatic rings. The first-order valence-electron chi connectivity index (χ1n) is 42.1. The van der Waals surface area contributed by atoms with Gasteiger partial charge in [0, 0.05) is 121 Å². The number of nitrogens with zero attached hydrogens (tertiary/aromatic N) is 26. The summed E-state index contributed by atoms with van der Waals surface area (Å²) >= 11 is 6.45. The van der Waals surface area contributed by atoms with Crippen LogP contribution in [0.5, 0.6) is 0 Å². The van der Waals surface area contributed by atoms with Crippen LogP contribution in [0.2, 0.25) is 5.15 Å². The number of halogens is 1. The van der Waals surface area contributed by atoms with Crippen molar-refractivity contribution >= 4 is 132 Å². The van der Waals surface area contributed by atoms with Crippen molar-refractivity contribution in [1.29, 1.82) is 0 Å². The zero-order valence-corrected chi connectivity index (χ0v) is 79.9. The van der Waals surface area contributed by atoms with Gasteiger partial charge in [0.25, 0.3) is 0 Å². The highest BCUT2D eigenvalue weighted by atomic mass is 35.5. The Kier molecular flexibility index (Phi) is 27.2. The second-order valence-corrected chi connectivity index (χ2v) is 39.1. The molecule has 130 heavy (non-hydrogen) atoms. The van der Waals surface area contributed by atoms with Gasteiger partial charge in [0.05, 0.1) is 133 Å². The molecule has 11 aromatic heterocycles. The molecule has 5 N–H and O–H groups in total. The van der Waals surface area contributed by atoms with Gasteiger partial charge in [0.15, 0.2) is 28.8 Å². The number of sulfonamides is 3. The fourth-order valence-electron chi connectivity index (χ4n) is 15.4. The number of nitrogen functional groups attached to an aromatic ring is 1. The summed E-state index contributed by atoms with van der Waals surface area (Å²) in [4.78, 5) is 68.8. The predicted molar refractivity (Wildman–Crippen MR) is 506 cm³/mol. The summed E-state index contributed by atoms with van der Waals surface area (Å²) in [5, 5.41) is 23.6. The molecule has 0 radical (unpaired) electrons. The number of rotatable bonds is 21. The molecule has 2 unspecified atom stereocenters. The number of fused-ring (bicyclic) bond motifs is 3. The van der Waals surface area contributed by atoms with E-state index in [1.165, 1.54) is 46.6 Å². The average Bonchev–Trinajstić information content (AvgIpc) is 1.63. The lowest BCUT2D eigenvalue weighted by atomic mass is 10.1. The van der Waals surface area contributed by atoms with Crippen molar-refractivity contribution in [2.45, 2.75) is 153 Å². The second-order valence-electron chi connectivity index (χ2n) is 32.6. The topological polar surface area (TPSA) is 449 Å². The average molecular weight is 1840 g/mol. The number of benzene rings is 3. The Bertz CT molecular complexity index is 7080. The number of ether oxygens (including phenoxy) is 2. The van der Waals surface area contributed by atoms with Crippen molar-refractivity contribution in [2.75, 3.05) is 87.7 Å². The Hall–Kier alpha value is -13.0. The van der Waals surface area contributed by atoms with E-state index in [2.05, 4.69) is 80.7 Å². The monoisotopic (exact) mass is 1840 g/mol. The van der Waals surface area contributed by atoms with Crippen molar-refractivity contribution in [1.82, 2.24) is 108 Å². The number of aliphatic imine (C=N–C) groups is 1. The standard InChI is InChI=1S/C31H38N10O3S.C27H31N9O2S.C24H29ClN8O3S.C6H9N3/c1-18-19(2)33-24(17-32-18)15-23-16-26(29-31(36-23)41(21(4)35-29)28-10-8-9-13-44-28)37-25-12-11-22(30-34-20(3)38-39(30)5)14-27(25)40(6)45(7,42)43;1-15-10-23-26(29-15)24(13-20(32-23)12-21-14-28-16(2)17(3)30-21)33-22-9-8-19(27-31-18(4)34-35(27)5)11-25(22)36(6)39(7,37)38;1-14-26-23(31(3)30-14)16-9-10-17(19(12-16)32(4)37(5,34)35)28-18-13-20(25)29-24-22(18)27-15(2)33(24)21-8-6-7-11-36-21;1-4-5(2)9-6(7)3-8-4/h11-12,14,16-17,28H,8-10,13,15H2,1-7H3,(H,36,37);8-9,11,13-14H,10,12H2,1-7H3,(H,32,33);9-10,12-13,21H,6-8,11H2,1-5H3,(H,28,29);3H,1-2H3,(H2,7,9). The van der Waals surface area contributed by atoms with Crippen LogP contribution >= 0.6 is 11.6 Å². The van der Waals surface area contributed by atoms with E-state index >= 15 is 0 Å². The molecule has 2 atom stereocenters. The molecular weight excluding hydrogens is 1740 g/mol. The number of nitrogens with one attached hydrogen (secondary N) is 3. The normalized spacial score (nSPS) is 14.5. The molecule has 42 heteroatoms. The summed E-state index contributed by atoms with van der Waals surface area (Å²) in [7, 11) is -0.732. The van der Waals surface area contributed by atoms with Crippen molar-refractivity contribution in [3.05, 3.63) is 188 Å². The van der Waals surface area contributed by atoms with Gasteiger partial charge in [0.2, 0.25) is 30.1 Å². The molecular formula is C88H107ClN30O8S3. The highest BCUT2D eigenvalue weighted by Crippen LogP contribution is 2.44. The number of anilines is 10. The third-order valence-corrected chi connectivity index (χ3v) is 26.3. The van der Waals surface area contributed by atoms with Crippen molar-refractivity contribution in [2.24, 2.45) is 26.1 Å². The van der Waals surface area contributed by atoms with Crippen molar-refractivity contribution in [3.8, 4) is 34.2 Å². The van der Waals surface area contributed by atoms with E-state index in [4.69, 9.17) is 56.7 Å². The zero-order valence-electron chi connectivity index (χ0n) is 76.7. The van der Waals surface area contributed by atoms with Crippen LogP contribution in [0.1, 0.15) is 150 Å². The fraction of sp³-hybridized carbons (Fsp3) is 0.386. The summed E-state index contributed by atoms with van der Waals surface area (Å²) in [6.07, 6.45) is 15.8. The molecule has 0 aliphatic carbocycles. The van der Waals surface area contributed by atoms with Gasteiger partial charge in [-0.3, -0.25) is 56.9 Å². The quantitative estimate of drug-likeness (QED) is 0.0485. The van der Waals surface area contributed by atoms with E-state index in [0.29, 0.717) is 141 Å². The van der Waals surface area contributed by atoms with Gasteiger partial charge in [-0.25, -0.2) is 79.2 Å². The van der Waals surface area contributed by atoms with E-state index in [-0.39, 0.29) is 17.6 Å². The highest BCUT2D eigenvalue weighted by Gasteiger charge is 2.31. The highest BCUT2D eigenvalue weighted by molar-refractivity contribution is 7.92. The molecule has 0 bridgehead atoms. The van der Waals surface area contributed by atoms with Crippen LogP contribution in [-0.4, -0.2) is 192 Å². The van der Waals surface area contributed by atoms with Crippen LogP contribution in [0, 0.1) is 76.2 Å². The number of aryl methyl sites for hydroxylation is 14. The van der Waals surface area contributed by atoms with Gasteiger partial charge >= 0.3 is 0 Å². The lowest BCUT2D eigenvalue weighted by Gasteiger charge is -2.25. The molecule has 3 aromatic carbocycles. The third-order valence-electron chi connectivity index (χ3n) is 22.5. The maximum atomic E-state index is 12.8. The van der Waals surface area contributed by atoms with Crippen LogP contribution < -0.4 is 34.6 Å². The Morgan fingerprint density at radius 2 is 0.808 bits per heavy atom. The number of pyridine rings is 3. The Morgan fingerprint density at radius 3 is 1.18 bits per heavy atom. The molecule has 2 saturated heterocycles. The summed E-state index contributed by atoms with van der Waals surface area (Å²) in [6.45, 7) is 24.2. The molecule has 2 fully saturated rings. The maximum absolute atomic E-state index is 12.8. The molecule has 3 aliphatic rings. The minimum atomic E-state index is -3.60. The SMILES string of the molecule is CC1=Nc2c(Nc3ccc(-c4nc(C)nn4C)cc3N(C)S(C)(=O)=O)cc(Cc3cnc(C)c(C)n3)nc2C1.Cc1nc(-c2ccc(Nc3cc(Cc4cnc(C)c(C)n4)nc4c3nc(C)n4C3CCCCO3)c(N(C)S(C)(=O)=O)c2)n(C)n1.Cc1nc(-c2ccc(Nc3cc(Cl)nc4c3nc(C)n4C3CCCCO3)c(N(C)S(C)(=O)=O)c2)n(C)n1.Cc1ncc(N)nc1C. The van der Waals surface area contributed by atoms with Gasteiger partial charge in [-0.2, -0.15) is 15.3 Å². The molecule has 0 amide bonds. The summed E-state index contributed by atoms with van der Waals surface area (Å²) in [5.74, 6) is 5.82. The van der Waals surface area contributed by atoms with Crippen LogP contribution in [-0.2, 0) is 79.9 Å². The van der Waals surface area contributed by atoms with Gasteiger partial charge in [-0.1, -0.05) is 11.6 Å². The minimum Gasteiger partial charge on any atom is -0.382 e. The van der Waals surface area contributed by atoms with E-state index in [9.17, 15) is 25.3 Å². The lowest BCUT2D eigenvalue weighted by Crippen LogP contribution is -2.25. The van der Waals surface area contributed by atoms with E-state index < -0.39 is 30.1 Å². The van der Waals surface area contributed by atoms with Gasteiger partial charge in [0.1, 0.15) is 69.3 Å². The second kappa shape index (κ2) is 38.0. The van der Waals surface area contributed by atoms with Crippen LogP contribution in [0.3, 0.4) is 0 Å². The summed E-state index contributed by atoms with van der Waals surface area (Å²) in [5.41, 5.74) is 26.5. The molecule has 38 nitrogen and oxygen atoms in total. The fourth-order valence-corrected chi connectivity index (χ4v) is 17.1. The van der Waals surface area contributed by atoms with Crippen molar-refractivity contribution < 1.29 is 34.7 Å². The number of hydrogen-bond acceptors (Lipinski definition) is 30. The van der Waals surface area contributed by atoms with Crippen LogP contribution in [0.4, 0.5) is 62.7 Å². The number of aromatic nitrogens is 22. The predicted octanol–water partition coefficient (Wildman–Crippen LogP) is 13.7. The summed E-state index contributed by atoms with van der Waals surface area (Å²) < 4.78 is 101. The number of imidazole rings is 2. The first-order chi connectivity index (χ1) is 61.5. The smallest absolute Gasteiger partial charge is 0.232 e. The van der Waals surface area contributed by atoms with E-state index in [1.807, 2.05) is 143 Å². The third kappa shape index (κ3) is 21.0. The van der Waals surface area contributed by atoms with Crippen LogP contribution in [0.15, 0.2) is 96.4 Å². The first-order valence-corrected chi connectivity index (χ1v) is 48.0. The minimum absolute atomic E-state index is 0.154. The first kappa shape index (κ1) is 93.2. The van der Waals surface area contributed by atoms with Crippen molar-refractivity contribution in [3.63, 3.8) is 0 Å². The van der Waals surface area contributed by atoms with E-state index in [1.54, 1.807) is 70.9 Å². The molecule has 682 valence electrons. The Balaban J connectivity index is 0.000000150.